The highest BCUT2D eigenvalue weighted by Crippen LogP contribution is 2.50. The maximum absolute atomic E-state index is 13.6. The summed E-state index contributed by atoms with van der Waals surface area (Å²) in [5.74, 6) is 2.37. The molecule has 1 unspecified atom stereocenters. The quantitative estimate of drug-likeness (QED) is 0.473. The number of carbonyl (C=O) groups excluding carboxylic acids is 1. The molecule has 0 fully saturated rings. The maximum Gasteiger partial charge on any atom is 0.178 e. The number of ether oxygens (including phenoxy) is 5. The summed E-state index contributed by atoms with van der Waals surface area (Å²) in [6.45, 7) is 2.01. The van der Waals surface area contributed by atoms with Gasteiger partial charge in [-0.05, 0) is 25.1 Å². The fourth-order valence-electron chi connectivity index (χ4n) is 4.50. The highest BCUT2D eigenvalue weighted by atomic mass is 127. The summed E-state index contributed by atoms with van der Waals surface area (Å²) >= 11 is 2.15. The molecule has 164 valence electrons. The Bertz CT molecular complexity index is 1060. The highest BCUT2D eigenvalue weighted by molar-refractivity contribution is 14.1. The molecule has 0 amide bonds. The number of methoxy groups -OCH3 is 2. The molecule has 3 heterocycles. The van der Waals surface area contributed by atoms with Crippen LogP contribution in [0.4, 0.5) is 0 Å². The van der Waals surface area contributed by atoms with E-state index in [4.69, 9.17) is 23.7 Å². The van der Waals surface area contributed by atoms with Crippen LogP contribution >= 0.6 is 22.6 Å². The van der Waals surface area contributed by atoms with E-state index in [1.54, 1.807) is 45.4 Å². The average Bonchev–Trinajstić information content (AvgIpc) is 3.23. The summed E-state index contributed by atoms with van der Waals surface area (Å²) in [6.07, 6.45) is -0.356. The molecule has 8 heteroatoms. The Morgan fingerprint density at radius 1 is 1.16 bits per heavy atom. The van der Waals surface area contributed by atoms with Crippen molar-refractivity contribution in [2.45, 2.75) is 37.1 Å². The zero-order chi connectivity index (χ0) is 21.9. The molecular weight excluding hydrogens is 515 g/mol. The zero-order valence-corrected chi connectivity index (χ0v) is 19.6. The molecule has 4 atom stereocenters. The first-order valence-corrected chi connectivity index (χ1v) is 11.6. The second kappa shape index (κ2) is 7.44. The van der Waals surface area contributed by atoms with Gasteiger partial charge in [0.2, 0.25) is 0 Å². The number of rotatable bonds is 4. The van der Waals surface area contributed by atoms with Gasteiger partial charge >= 0.3 is 0 Å². The number of carbonyl (C=O) groups is 1. The number of Topliss-reactive ketones (excluding diaryl/α,β-unsaturated/α-hetero) is 1. The lowest BCUT2D eigenvalue weighted by atomic mass is 9.81. The smallest absolute Gasteiger partial charge is 0.178 e. The molecule has 2 aromatic carbocycles. The fraction of sp³-hybridized carbons (Fsp3) is 0.435. The molecule has 0 saturated heterocycles. The third-order valence-corrected chi connectivity index (χ3v) is 7.83. The third-order valence-electron chi connectivity index (χ3n) is 6.28. The molecule has 3 aliphatic heterocycles. The van der Waals surface area contributed by atoms with Crippen LogP contribution in [0.3, 0.4) is 0 Å². The van der Waals surface area contributed by atoms with E-state index in [0.29, 0.717) is 45.2 Å². The van der Waals surface area contributed by atoms with Crippen molar-refractivity contribution in [1.82, 2.24) is 0 Å². The molecule has 7 nitrogen and oxygen atoms in total. The standard InChI is InChI=1S/C23H23IO7/c1-23(26,10-24)19-7-13-14(30-19)5-4-11-21(25)20-12-6-16(27-2)17(28-3)8-15(12)29-9-18(20)31-22(11)13/h4-6,8,18-20,26H,7,9-10H2,1-3H3/t18-,19-,20+,23?/m1/s1. The molecular formula is C23H23IO7. The Morgan fingerprint density at radius 2 is 1.90 bits per heavy atom. The average molecular weight is 538 g/mol. The summed E-state index contributed by atoms with van der Waals surface area (Å²) < 4.78 is 29.6. The van der Waals surface area contributed by atoms with Gasteiger partial charge in [0, 0.05) is 28.0 Å². The van der Waals surface area contributed by atoms with Crippen LogP contribution in [0.5, 0.6) is 28.7 Å². The third kappa shape index (κ3) is 3.14. The number of benzene rings is 2. The van der Waals surface area contributed by atoms with Gasteiger partial charge in [0.25, 0.3) is 0 Å². The zero-order valence-electron chi connectivity index (χ0n) is 17.4. The summed E-state index contributed by atoms with van der Waals surface area (Å²) in [6, 6.07) is 7.10. The van der Waals surface area contributed by atoms with Gasteiger partial charge < -0.3 is 28.8 Å². The van der Waals surface area contributed by atoms with Gasteiger partial charge in [0.15, 0.2) is 17.3 Å². The molecule has 0 aromatic heterocycles. The van der Waals surface area contributed by atoms with Crippen molar-refractivity contribution in [1.29, 1.82) is 0 Å². The Hall–Kier alpha value is -2.20. The molecule has 0 aliphatic carbocycles. The molecule has 0 bridgehead atoms. The maximum atomic E-state index is 13.6. The van der Waals surface area contributed by atoms with Crippen LogP contribution in [-0.2, 0) is 6.42 Å². The lowest BCUT2D eigenvalue weighted by molar-refractivity contribution is -0.0167. The van der Waals surface area contributed by atoms with Crippen LogP contribution in [0.25, 0.3) is 0 Å². The number of hydrogen-bond acceptors (Lipinski definition) is 7. The van der Waals surface area contributed by atoms with E-state index in [9.17, 15) is 9.90 Å². The van der Waals surface area contributed by atoms with Crippen LogP contribution in [0, 0.1) is 0 Å². The summed E-state index contributed by atoms with van der Waals surface area (Å²) in [4.78, 5) is 13.6. The van der Waals surface area contributed by atoms with Gasteiger partial charge in [-0.25, -0.2) is 0 Å². The first-order valence-electron chi connectivity index (χ1n) is 10.1. The lowest BCUT2D eigenvalue weighted by Crippen LogP contribution is -2.44. The number of halogens is 1. The Labute approximate surface area is 193 Å². The molecule has 0 radical (unpaired) electrons. The summed E-state index contributed by atoms with van der Waals surface area (Å²) in [5.41, 5.74) is 1.11. The fourth-order valence-corrected chi connectivity index (χ4v) is 4.99. The first kappa shape index (κ1) is 20.7. The Kier molecular flexibility index (Phi) is 4.97. The molecule has 1 N–H and O–H groups in total. The van der Waals surface area contributed by atoms with E-state index in [-0.39, 0.29) is 18.5 Å². The monoisotopic (exact) mass is 538 g/mol. The van der Waals surface area contributed by atoms with Crippen LogP contribution < -0.4 is 23.7 Å². The normalized spacial score (nSPS) is 24.9. The van der Waals surface area contributed by atoms with E-state index >= 15 is 0 Å². The van der Waals surface area contributed by atoms with Gasteiger partial charge in [-0.2, -0.15) is 0 Å². The predicted molar refractivity (Wildman–Crippen MR) is 121 cm³/mol. The predicted octanol–water partition coefficient (Wildman–Crippen LogP) is 3.31. The van der Waals surface area contributed by atoms with Gasteiger partial charge in [-0.3, -0.25) is 4.79 Å². The minimum absolute atomic E-state index is 0.0186. The van der Waals surface area contributed by atoms with Gasteiger partial charge in [0.1, 0.15) is 41.7 Å². The number of alkyl halides is 1. The van der Waals surface area contributed by atoms with Crippen molar-refractivity contribution < 1.29 is 33.6 Å². The number of ketones is 1. The van der Waals surface area contributed by atoms with Crippen LogP contribution in [0.15, 0.2) is 24.3 Å². The minimum atomic E-state index is -0.976. The van der Waals surface area contributed by atoms with Crippen molar-refractivity contribution >= 4 is 28.4 Å². The second-order valence-corrected chi connectivity index (χ2v) is 9.04. The lowest BCUT2D eigenvalue weighted by Gasteiger charge is -2.37. The molecule has 2 aromatic rings. The molecule has 3 aliphatic rings. The Balaban J connectivity index is 1.55. The van der Waals surface area contributed by atoms with E-state index in [2.05, 4.69) is 22.6 Å². The molecule has 0 saturated carbocycles. The summed E-state index contributed by atoms with van der Waals surface area (Å²) in [7, 11) is 3.12. The number of fused-ring (bicyclic) bond motifs is 6. The SMILES string of the molecule is COc1cc2c(cc1OC)[C@@H]1C(=O)c3ccc4c(c3O[C@@H]1CO2)C[C@H](C(C)(O)CI)O4. The van der Waals surface area contributed by atoms with Gasteiger partial charge in [-0.15, -0.1) is 0 Å². The van der Waals surface area contributed by atoms with E-state index in [1.807, 2.05) is 0 Å². The first-order chi connectivity index (χ1) is 14.9. The highest BCUT2D eigenvalue weighted by Gasteiger charge is 2.47. The van der Waals surface area contributed by atoms with Crippen LogP contribution in [-0.4, -0.2) is 54.0 Å². The van der Waals surface area contributed by atoms with Crippen LogP contribution in [0.2, 0.25) is 0 Å². The van der Waals surface area contributed by atoms with Gasteiger partial charge in [0.05, 0.1) is 25.7 Å². The van der Waals surface area contributed by atoms with Crippen molar-refractivity contribution in [3.63, 3.8) is 0 Å². The van der Waals surface area contributed by atoms with Crippen molar-refractivity contribution in [3.05, 3.63) is 41.0 Å². The molecule has 5 rings (SSSR count). The number of aliphatic hydroxyl groups is 1. The molecule has 0 spiro atoms. The van der Waals surface area contributed by atoms with E-state index < -0.39 is 17.6 Å². The minimum Gasteiger partial charge on any atom is -0.493 e. The van der Waals surface area contributed by atoms with Gasteiger partial charge in [-0.1, -0.05) is 22.6 Å². The van der Waals surface area contributed by atoms with E-state index in [1.165, 1.54) is 0 Å². The van der Waals surface area contributed by atoms with Crippen molar-refractivity contribution in [2.75, 3.05) is 25.3 Å². The largest absolute Gasteiger partial charge is 0.493 e. The van der Waals surface area contributed by atoms with Crippen molar-refractivity contribution in [2.24, 2.45) is 0 Å². The summed E-state index contributed by atoms with van der Waals surface area (Å²) in [5, 5.41) is 10.7. The second-order valence-electron chi connectivity index (χ2n) is 8.27. The van der Waals surface area contributed by atoms with E-state index in [0.717, 1.165) is 11.1 Å². The number of hydrogen-bond donors (Lipinski definition) is 1. The van der Waals surface area contributed by atoms with Crippen LogP contribution in [0.1, 0.15) is 34.3 Å². The Morgan fingerprint density at radius 3 is 2.61 bits per heavy atom. The topological polar surface area (TPSA) is 83.5 Å². The molecule has 31 heavy (non-hydrogen) atoms. The van der Waals surface area contributed by atoms with Crippen molar-refractivity contribution in [3.8, 4) is 28.7 Å².